The lowest BCUT2D eigenvalue weighted by Crippen LogP contribution is -2.52. The maximum absolute atomic E-state index is 11.5. The number of hydrogen-bond acceptors (Lipinski definition) is 3. The van der Waals surface area contributed by atoms with Crippen molar-refractivity contribution in [1.29, 1.82) is 0 Å². The van der Waals surface area contributed by atoms with Gasteiger partial charge >= 0.3 is 17.9 Å². The van der Waals surface area contributed by atoms with Gasteiger partial charge in [-0.2, -0.15) is 0 Å². The van der Waals surface area contributed by atoms with Gasteiger partial charge in [-0.25, -0.2) is 0 Å². The van der Waals surface area contributed by atoms with Gasteiger partial charge in [0.15, 0.2) is 0 Å². The van der Waals surface area contributed by atoms with E-state index in [-0.39, 0.29) is 0 Å². The van der Waals surface area contributed by atoms with Gasteiger partial charge in [0.25, 0.3) is 0 Å². The van der Waals surface area contributed by atoms with Crippen LogP contribution in [0.1, 0.15) is 156 Å². The monoisotopic (exact) mass is 611 g/mol. The molecule has 0 radical (unpaired) electrons. The minimum atomic E-state index is -0.825. The van der Waals surface area contributed by atoms with E-state index in [2.05, 4.69) is 19.1 Å². The lowest BCUT2D eigenvalue weighted by molar-refractivity contribution is -0.929. The van der Waals surface area contributed by atoms with E-state index in [4.69, 9.17) is 0 Å². The maximum Gasteiger partial charge on any atom is 0.306 e. The van der Waals surface area contributed by atoms with Crippen LogP contribution in [-0.4, -0.2) is 63.9 Å². The summed E-state index contributed by atoms with van der Waals surface area (Å²) in [5, 5.41) is 28.3. The fourth-order valence-electron chi connectivity index (χ4n) is 5.67. The van der Waals surface area contributed by atoms with Crippen molar-refractivity contribution < 1.29 is 34.2 Å². The zero-order valence-corrected chi connectivity index (χ0v) is 28.4. The molecule has 7 nitrogen and oxygen atoms in total. The number of nitrogens with zero attached hydrogens (tertiary/aromatic N) is 1. The van der Waals surface area contributed by atoms with Crippen LogP contribution in [0.2, 0.25) is 0 Å². The highest BCUT2D eigenvalue weighted by atomic mass is 16.4. The van der Waals surface area contributed by atoms with Crippen LogP contribution >= 0.6 is 0 Å². The molecule has 0 aromatic carbocycles. The second-order valence-corrected chi connectivity index (χ2v) is 13.3. The lowest BCUT2D eigenvalue weighted by atomic mass is 10.0. The molecular formula is C36H68NO6+. The minimum absolute atomic E-state index is 0.481. The Morgan fingerprint density at radius 2 is 0.791 bits per heavy atom. The van der Waals surface area contributed by atoms with E-state index < -0.39 is 35.7 Å². The van der Waals surface area contributed by atoms with Gasteiger partial charge in [0, 0.05) is 19.3 Å². The number of unbranched alkanes of at least 4 members (excludes halogenated alkanes) is 15. The summed E-state index contributed by atoms with van der Waals surface area (Å²) in [6.07, 6.45) is 27.8. The van der Waals surface area contributed by atoms with Gasteiger partial charge in [0.1, 0.15) is 0 Å². The third kappa shape index (κ3) is 23.2. The fourth-order valence-corrected chi connectivity index (χ4v) is 5.67. The molecule has 43 heavy (non-hydrogen) atoms. The van der Waals surface area contributed by atoms with Gasteiger partial charge in [-0.3, -0.25) is 14.4 Å². The van der Waals surface area contributed by atoms with E-state index >= 15 is 0 Å². The van der Waals surface area contributed by atoms with Crippen molar-refractivity contribution in [2.75, 3.05) is 26.2 Å². The van der Waals surface area contributed by atoms with Crippen LogP contribution in [0.25, 0.3) is 0 Å². The third-order valence-corrected chi connectivity index (χ3v) is 9.27. The summed E-state index contributed by atoms with van der Waals surface area (Å²) in [5.41, 5.74) is 0. The molecule has 3 unspecified atom stereocenters. The Bertz CT molecular complexity index is 692. The Morgan fingerprint density at radius 1 is 0.488 bits per heavy atom. The number of aliphatic carboxylic acids is 3. The first kappa shape index (κ1) is 41.1. The standard InChI is InChI=1S/C36H67NO6/c1-5-6-7-8-9-10-11-12-13-14-15-16-17-18-19-20-21-22-23-27-37(28-24-31(2)34(38)39,29-25-32(3)35(40)41)30-26-33(4)36(42)43/h15-16,31-33H,5-14,17-30H2,1-4H3,(H2-,38,39,40,41,42,43)/p+1/b16-15+. The molecule has 0 saturated heterocycles. The summed E-state index contributed by atoms with van der Waals surface area (Å²) < 4.78 is 0.608. The highest BCUT2D eigenvalue weighted by Crippen LogP contribution is 2.22. The molecule has 3 atom stereocenters. The molecule has 0 rings (SSSR count). The molecule has 252 valence electrons. The zero-order valence-electron chi connectivity index (χ0n) is 28.4. The normalized spacial score (nSPS) is 15.3. The fraction of sp³-hybridized carbons (Fsp3) is 0.861. The van der Waals surface area contributed by atoms with Crippen LogP contribution < -0.4 is 0 Å². The molecule has 0 aliphatic carbocycles. The van der Waals surface area contributed by atoms with Crippen LogP contribution in [-0.2, 0) is 14.4 Å². The first-order valence-corrected chi connectivity index (χ1v) is 17.7. The molecule has 0 aromatic rings. The van der Waals surface area contributed by atoms with Crippen molar-refractivity contribution in [3.63, 3.8) is 0 Å². The highest BCUT2D eigenvalue weighted by molar-refractivity contribution is 5.70. The number of carboxylic acid groups (broad SMARTS) is 3. The Kier molecular flexibility index (Phi) is 25.3. The van der Waals surface area contributed by atoms with Crippen molar-refractivity contribution in [1.82, 2.24) is 0 Å². The molecule has 0 aliphatic rings. The van der Waals surface area contributed by atoms with Crippen LogP contribution in [0.4, 0.5) is 0 Å². The highest BCUT2D eigenvalue weighted by Gasteiger charge is 2.31. The molecule has 0 aliphatic heterocycles. The van der Waals surface area contributed by atoms with E-state index in [1.54, 1.807) is 20.8 Å². The van der Waals surface area contributed by atoms with Gasteiger partial charge in [-0.05, 0) is 38.5 Å². The number of allylic oxidation sites excluding steroid dienone is 2. The lowest BCUT2D eigenvalue weighted by Gasteiger charge is -2.40. The van der Waals surface area contributed by atoms with Crippen molar-refractivity contribution in [3.8, 4) is 0 Å². The summed E-state index contributed by atoms with van der Waals surface area (Å²) in [6, 6.07) is 0. The summed E-state index contributed by atoms with van der Waals surface area (Å²) in [4.78, 5) is 34.5. The topological polar surface area (TPSA) is 112 Å². The number of hydrogen-bond donors (Lipinski definition) is 3. The van der Waals surface area contributed by atoms with Gasteiger partial charge < -0.3 is 19.8 Å². The smallest absolute Gasteiger partial charge is 0.306 e. The molecule has 0 spiro atoms. The summed E-state index contributed by atoms with van der Waals surface area (Å²) in [6.45, 7) is 10.2. The van der Waals surface area contributed by atoms with Crippen molar-refractivity contribution in [2.24, 2.45) is 17.8 Å². The number of carboxylic acids is 3. The average molecular weight is 611 g/mol. The van der Waals surface area contributed by atoms with E-state index in [9.17, 15) is 29.7 Å². The SMILES string of the molecule is CCCCCCCCCCC/C=C/CCCCCCCC[N+](CCC(C)C(=O)O)(CCC(C)C(=O)O)CCC(C)C(=O)O. The second-order valence-electron chi connectivity index (χ2n) is 13.3. The zero-order chi connectivity index (χ0) is 32.3. The van der Waals surface area contributed by atoms with Crippen LogP contribution in [0.3, 0.4) is 0 Å². The summed E-state index contributed by atoms with van der Waals surface area (Å²) >= 11 is 0. The van der Waals surface area contributed by atoms with Crippen molar-refractivity contribution in [2.45, 2.75) is 156 Å². The van der Waals surface area contributed by atoms with Gasteiger partial charge in [-0.15, -0.1) is 0 Å². The van der Waals surface area contributed by atoms with E-state index in [0.717, 1.165) is 32.2 Å². The molecule has 0 saturated carbocycles. The third-order valence-electron chi connectivity index (χ3n) is 9.27. The summed E-state index contributed by atoms with van der Waals surface area (Å²) in [5.74, 6) is -3.92. The predicted molar refractivity (Wildman–Crippen MR) is 177 cm³/mol. The summed E-state index contributed by atoms with van der Waals surface area (Å²) in [7, 11) is 0. The Labute approximate surface area is 264 Å². The molecule has 0 bridgehead atoms. The molecule has 0 fully saturated rings. The van der Waals surface area contributed by atoms with E-state index in [0.29, 0.717) is 43.4 Å². The second kappa shape index (κ2) is 26.5. The van der Waals surface area contributed by atoms with Crippen LogP contribution in [0.15, 0.2) is 12.2 Å². The number of carbonyl (C=O) groups is 3. The van der Waals surface area contributed by atoms with Gasteiger partial charge in [0.05, 0.1) is 43.9 Å². The largest absolute Gasteiger partial charge is 0.481 e. The Hall–Kier alpha value is -1.89. The van der Waals surface area contributed by atoms with Gasteiger partial charge in [-0.1, -0.05) is 110 Å². The maximum atomic E-state index is 11.5. The minimum Gasteiger partial charge on any atom is -0.481 e. The van der Waals surface area contributed by atoms with E-state index in [1.807, 2.05) is 0 Å². The molecule has 0 aromatic heterocycles. The predicted octanol–water partition coefficient (Wildman–Crippen LogP) is 9.34. The number of quaternary nitrogens is 1. The van der Waals surface area contributed by atoms with Crippen molar-refractivity contribution in [3.05, 3.63) is 12.2 Å². The molecule has 0 amide bonds. The Morgan fingerprint density at radius 3 is 1.12 bits per heavy atom. The Balaban J connectivity index is 4.49. The molecule has 0 heterocycles. The number of rotatable bonds is 31. The average Bonchev–Trinajstić information content (AvgIpc) is 2.97. The van der Waals surface area contributed by atoms with Crippen LogP contribution in [0, 0.1) is 17.8 Å². The quantitative estimate of drug-likeness (QED) is 0.0410. The van der Waals surface area contributed by atoms with Crippen molar-refractivity contribution >= 4 is 17.9 Å². The molecular weight excluding hydrogens is 542 g/mol. The first-order chi connectivity index (χ1) is 20.5. The van der Waals surface area contributed by atoms with Gasteiger partial charge in [0.2, 0.25) is 0 Å². The molecule has 7 heteroatoms. The van der Waals surface area contributed by atoms with Crippen LogP contribution in [0.5, 0.6) is 0 Å². The first-order valence-electron chi connectivity index (χ1n) is 17.7. The molecule has 3 N–H and O–H groups in total. The van der Waals surface area contributed by atoms with E-state index in [1.165, 1.54) is 83.5 Å².